The minimum Gasteiger partial charge on any atom is -0.395 e. The fourth-order valence-corrected chi connectivity index (χ4v) is 20.0. The number of pyridine rings is 9. The zero-order valence-electron chi connectivity index (χ0n) is 75.8. The minimum atomic E-state index is -1.44. The van der Waals surface area contributed by atoms with E-state index in [9.17, 15) is 70.9 Å². The van der Waals surface area contributed by atoms with Crippen molar-refractivity contribution in [1.29, 1.82) is 15.8 Å². The molecule has 3 saturated heterocycles. The third-order valence-electron chi connectivity index (χ3n) is 24.1. The third kappa shape index (κ3) is 18.0. The maximum absolute atomic E-state index is 14.9. The van der Waals surface area contributed by atoms with Crippen LogP contribution in [0.15, 0.2) is 107 Å². The normalized spacial score (nSPS) is 15.0. The summed E-state index contributed by atoms with van der Waals surface area (Å²) >= 11 is 58.4. The maximum atomic E-state index is 14.9. The zero-order valence-corrected chi connectivity index (χ0v) is 82.6. The smallest absolute Gasteiger partial charge is 0.276 e. The highest BCUT2D eigenvalue weighted by Crippen LogP contribution is 2.51. The van der Waals surface area contributed by atoms with Crippen LogP contribution in [-0.4, -0.2) is 153 Å². The van der Waals surface area contributed by atoms with Gasteiger partial charge in [0.05, 0.1) is 131 Å². The van der Waals surface area contributed by atoms with Crippen molar-refractivity contribution in [2.45, 2.75) is 119 Å². The predicted molar refractivity (Wildman–Crippen MR) is 531 cm³/mol. The number of hydrogen-bond acceptors (Lipinski definition) is 21. The van der Waals surface area contributed by atoms with Crippen molar-refractivity contribution in [3.8, 4) is 69.0 Å². The molecule has 3 aromatic carbocycles. The van der Waals surface area contributed by atoms with Crippen molar-refractivity contribution < 1.29 is 40.7 Å². The first-order valence-electron chi connectivity index (χ1n) is 42.6. The van der Waals surface area contributed by atoms with Crippen molar-refractivity contribution in [2.24, 2.45) is 0 Å². The highest BCUT2D eigenvalue weighted by molar-refractivity contribution is 6.45. The van der Waals surface area contributed by atoms with Gasteiger partial charge in [-0.05, 0) is 131 Å². The van der Waals surface area contributed by atoms with Gasteiger partial charge in [0.1, 0.15) is 51.8 Å². The first kappa shape index (κ1) is 103. The fourth-order valence-electron chi connectivity index (χ4n) is 17.5. The lowest BCUT2D eigenvalue weighted by Gasteiger charge is -2.41. The Bertz CT molecular complexity index is 6790. The van der Waals surface area contributed by atoms with Crippen LogP contribution in [0.5, 0.6) is 0 Å². The van der Waals surface area contributed by atoms with Crippen LogP contribution >= 0.6 is 104 Å². The molecule has 138 heavy (non-hydrogen) atoms. The van der Waals surface area contributed by atoms with Gasteiger partial charge >= 0.3 is 0 Å². The van der Waals surface area contributed by atoms with E-state index in [1.165, 1.54) is 50.1 Å². The molecule has 42 heteroatoms. The van der Waals surface area contributed by atoms with Crippen LogP contribution in [-0.2, 0) is 14.4 Å². The van der Waals surface area contributed by atoms with Gasteiger partial charge < -0.3 is 46.6 Å². The highest BCUT2D eigenvalue weighted by atomic mass is 35.5. The maximum Gasteiger partial charge on any atom is 0.276 e. The molecule has 3 atom stereocenters. The van der Waals surface area contributed by atoms with Gasteiger partial charge in [0.25, 0.3) is 16.7 Å². The van der Waals surface area contributed by atoms with Crippen molar-refractivity contribution in [3.63, 3.8) is 0 Å². The molecule has 0 unspecified atom stereocenters. The largest absolute Gasteiger partial charge is 0.395 e. The summed E-state index contributed by atoms with van der Waals surface area (Å²) in [5.74, 6) is -9.79. The summed E-state index contributed by atoms with van der Waals surface area (Å²) < 4.78 is 91.7. The number of fused-ring (bicyclic) bond motifs is 3. The summed E-state index contributed by atoms with van der Waals surface area (Å²) in [6.07, 6.45) is 8.55. The number of hydrogen-bond donors (Lipinski definition) is 3. The molecule has 12 heterocycles. The molecule has 3 aliphatic rings. The third-order valence-corrected chi connectivity index (χ3v) is 27.3. The van der Waals surface area contributed by atoms with E-state index in [1.54, 1.807) is 72.3 Å². The van der Waals surface area contributed by atoms with Gasteiger partial charge in [0.2, 0.25) is 17.7 Å². The van der Waals surface area contributed by atoms with Crippen LogP contribution in [0.3, 0.4) is 0 Å². The molecule has 27 nitrogen and oxygen atoms in total. The summed E-state index contributed by atoms with van der Waals surface area (Å²) in [6, 6.07) is 14.9. The molecule has 12 aromatic rings. The Morgan fingerprint density at radius 2 is 0.630 bits per heavy atom. The van der Waals surface area contributed by atoms with E-state index in [-0.39, 0.29) is 192 Å². The standard InChI is InChI=1S/3C32H28Cl3F2N7O2/c3*1-6-20(45)43-10-9-42(13-16(43)5)30-17-11-19(33)28(21-22(34)24(36)25(37)26(39)23(21)35)41-31(17)44(32(46)18(30)12-38)29-15(4)7-8-40-27(29)14(2)3/h3*6-8,11,14,16H,1,9-10,13,39H2,2-5H3/t3*16-/m111/s1. The van der Waals surface area contributed by atoms with E-state index < -0.39 is 98.8 Å². The lowest BCUT2D eigenvalue weighted by Crippen LogP contribution is -2.54. The number of nitrogen functional groups attached to an aromatic ring is 3. The Kier molecular flexibility index (Phi) is 30.3. The molecule has 714 valence electrons. The molecule has 0 spiro atoms. The van der Waals surface area contributed by atoms with Crippen LogP contribution in [0, 0.1) is 89.7 Å². The molecule has 15 rings (SSSR count). The summed E-state index contributed by atoms with van der Waals surface area (Å²) in [6.45, 7) is 35.6. The molecule has 0 saturated carbocycles. The van der Waals surface area contributed by atoms with E-state index in [0.717, 1.165) is 0 Å². The van der Waals surface area contributed by atoms with Gasteiger partial charge in [-0.15, -0.1) is 0 Å². The topological polar surface area (TPSA) is 363 Å². The molecular weight excluding hydrogens is 1980 g/mol. The number of amides is 3. The van der Waals surface area contributed by atoms with Crippen molar-refractivity contribution in [1.82, 2.24) is 58.3 Å². The highest BCUT2D eigenvalue weighted by Gasteiger charge is 2.40. The number of aryl methyl sites for hydroxylation is 3. The van der Waals surface area contributed by atoms with Crippen molar-refractivity contribution in [2.75, 3.05) is 90.8 Å². The Labute approximate surface area is 831 Å². The van der Waals surface area contributed by atoms with Crippen molar-refractivity contribution in [3.05, 3.63) is 255 Å². The molecule has 0 aliphatic carbocycles. The molecule has 3 amide bonds. The van der Waals surface area contributed by atoms with Gasteiger partial charge in [0, 0.05) is 128 Å². The fraction of sp³-hybridized carbons (Fsp3) is 0.281. The molecule has 0 bridgehead atoms. The molecule has 6 N–H and O–H groups in total. The number of benzene rings is 3. The SMILES string of the molecule is C=CC(=O)N1CCN(c2c(C#N)c(=O)n(-c3c(C)ccnc3C(C)C)c3nc(-c4c(Cl)c(N)c(F)c(F)c4Cl)c(Cl)cc23)C[C@H]1C.C=CC(=O)N1CCN(c2c(C#N)c(=O)n(-c3c(C)ccnc3C(C)C)c3nc(-c4c(Cl)c(N)c(F)c(F)c4Cl)c(Cl)cc23)C[C@H]1C.C=CC(=O)N1CCN(c2c(C#N)c(=O)n(-c3c(C)ccnc3C(C)C)c3nc(-c4c(Cl)c(N)c(F)c(F)c4Cl)c(Cl)cc23)C[C@H]1C. The van der Waals surface area contributed by atoms with Gasteiger partial charge in [-0.3, -0.25) is 57.4 Å². The number of halogens is 15. The quantitative estimate of drug-likeness (QED) is 0.0282. The van der Waals surface area contributed by atoms with Crippen LogP contribution in [0.1, 0.15) is 131 Å². The Balaban J connectivity index is 0.000000175. The van der Waals surface area contributed by atoms with E-state index in [1.807, 2.05) is 77.0 Å². The van der Waals surface area contributed by atoms with Gasteiger partial charge in [-0.2, -0.15) is 15.8 Å². The number of rotatable bonds is 15. The number of nitrogens with two attached hydrogens (primary N) is 3. The van der Waals surface area contributed by atoms with Crippen LogP contribution in [0.2, 0.25) is 45.2 Å². The summed E-state index contributed by atoms with van der Waals surface area (Å²) in [5.41, 5.74) is 17.0. The average molecular weight is 2060 g/mol. The summed E-state index contributed by atoms with van der Waals surface area (Å²) in [7, 11) is 0. The Morgan fingerprint density at radius 1 is 0.399 bits per heavy atom. The first-order chi connectivity index (χ1) is 65.2. The average Bonchev–Trinajstić information content (AvgIpc) is 0.726. The van der Waals surface area contributed by atoms with Crippen molar-refractivity contribution >= 4 is 189 Å². The summed E-state index contributed by atoms with van der Waals surface area (Å²) in [4.78, 5) is 119. The Hall–Kier alpha value is -12.7. The van der Waals surface area contributed by atoms with Gasteiger partial charge in [-0.1, -0.05) is 166 Å². The number of nitrogens with zero attached hydrogens (tertiary/aromatic N) is 18. The van der Waals surface area contributed by atoms with Gasteiger partial charge in [-0.25, -0.2) is 41.3 Å². The molecule has 3 aliphatic heterocycles. The zero-order chi connectivity index (χ0) is 101. The number of piperazine rings is 3. The summed E-state index contributed by atoms with van der Waals surface area (Å²) in [5, 5.41) is 28.7. The molecule has 9 aromatic heterocycles. The van der Waals surface area contributed by atoms with Gasteiger partial charge in [0.15, 0.2) is 34.9 Å². The number of aromatic nitrogens is 9. The van der Waals surface area contributed by atoms with E-state index in [4.69, 9.17) is 137 Å². The number of anilines is 6. The Morgan fingerprint density at radius 3 is 0.833 bits per heavy atom. The lowest BCUT2D eigenvalue weighted by atomic mass is 10.0. The molecule has 3 fully saturated rings. The lowest BCUT2D eigenvalue weighted by molar-refractivity contribution is -0.129. The number of carbonyl (C=O) groups is 3. The van der Waals surface area contributed by atoms with E-state index in [0.29, 0.717) is 86.6 Å². The van der Waals surface area contributed by atoms with E-state index >= 15 is 0 Å². The first-order valence-corrected chi connectivity index (χ1v) is 46.0. The van der Waals surface area contributed by atoms with Crippen LogP contribution < -0.4 is 48.6 Å². The second-order valence-corrected chi connectivity index (χ2v) is 37.3. The second kappa shape index (κ2) is 40.8. The number of nitriles is 3. The predicted octanol–water partition coefficient (Wildman–Crippen LogP) is 20.4. The van der Waals surface area contributed by atoms with E-state index in [2.05, 4.69) is 52.9 Å². The van der Waals surface area contributed by atoms with Crippen LogP contribution in [0.4, 0.5) is 60.5 Å². The minimum absolute atomic E-state index is 0.0316. The monoisotopic (exact) mass is 2060 g/mol. The molecule has 0 radical (unpaired) electrons. The molecular formula is C96H84Cl9F6N21O6. The number of carbonyl (C=O) groups excluding carboxylic acids is 3. The van der Waals surface area contributed by atoms with Crippen LogP contribution in [0.25, 0.3) is 83.9 Å². The second-order valence-electron chi connectivity index (χ2n) is 33.8.